The number of hydrogen-bond acceptors (Lipinski definition) is 4. The predicted molar refractivity (Wildman–Crippen MR) is 66.7 cm³/mol. The first-order chi connectivity index (χ1) is 7.72. The summed E-state index contributed by atoms with van der Waals surface area (Å²) in [7, 11) is 1.95. The summed E-state index contributed by atoms with van der Waals surface area (Å²) in [6.07, 6.45) is 3.73. The molecule has 1 unspecified atom stereocenters. The first-order valence-electron chi connectivity index (χ1n) is 5.22. The Bertz CT molecular complexity index is 479. The number of hydrogen-bond donors (Lipinski definition) is 1. The van der Waals surface area contributed by atoms with E-state index in [1.807, 2.05) is 32.4 Å². The lowest BCUT2D eigenvalue weighted by Gasteiger charge is -2.15. The zero-order valence-corrected chi connectivity index (χ0v) is 10.5. The molecule has 0 saturated carbocycles. The third-order valence-corrected chi connectivity index (χ3v) is 3.59. The molecular weight excluding hydrogens is 218 g/mol. The fraction of sp³-hybridized carbons (Fsp3) is 0.333. The summed E-state index contributed by atoms with van der Waals surface area (Å²) in [5.41, 5.74) is 3.50. The van der Waals surface area contributed by atoms with Crippen LogP contribution in [0, 0.1) is 13.8 Å². The van der Waals surface area contributed by atoms with Crippen LogP contribution < -0.4 is 5.32 Å². The van der Waals surface area contributed by atoms with Crippen molar-refractivity contribution in [3.8, 4) is 0 Å². The quantitative estimate of drug-likeness (QED) is 0.885. The molecule has 1 N–H and O–H groups in total. The van der Waals surface area contributed by atoms with Gasteiger partial charge in [0.25, 0.3) is 0 Å². The van der Waals surface area contributed by atoms with Crippen LogP contribution in [0.1, 0.15) is 27.9 Å². The van der Waals surface area contributed by atoms with E-state index >= 15 is 0 Å². The summed E-state index contributed by atoms with van der Waals surface area (Å²) in [4.78, 5) is 8.71. The maximum atomic E-state index is 4.53. The van der Waals surface area contributed by atoms with E-state index in [0.717, 1.165) is 10.7 Å². The fourth-order valence-electron chi connectivity index (χ4n) is 1.70. The molecule has 2 aromatic heterocycles. The summed E-state index contributed by atoms with van der Waals surface area (Å²) in [5.74, 6) is 0. The van der Waals surface area contributed by atoms with Gasteiger partial charge in [0.1, 0.15) is 5.01 Å². The maximum Gasteiger partial charge on any atom is 0.114 e. The molecule has 84 valence electrons. The van der Waals surface area contributed by atoms with E-state index in [-0.39, 0.29) is 6.04 Å². The number of thiazole rings is 1. The van der Waals surface area contributed by atoms with Gasteiger partial charge in [-0.3, -0.25) is 4.98 Å². The monoisotopic (exact) mass is 233 g/mol. The van der Waals surface area contributed by atoms with Crippen LogP contribution in [0.5, 0.6) is 0 Å². The lowest BCUT2D eigenvalue weighted by atomic mass is 10.1. The number of rotatable bonds is 3. The summed E-state index contributed by atoms with van der Waals surface area (Å²) in [6, 6.07) is 2.17. The summed E-state index contributed by atoms with van der Waals surface area (Å²) >= 11 is 1.68. The van der Waals surface area contributed by atoms with Crippen molar-refractivity contribution in [2.75, 3.05) is 7.05 Å². The molecule has 2 rings (SSSR count). The lowest BCUT2D eigenvalue weighted by Crippen LogP contribution is -2.18. The van der Waals surface area contributed by atoms with Gasteiger partial charge in [-0.05, 0) is 38.1 Å². The van der Waals surface area contributed by atoms with Gasteiger partial charge in [-0.2, -0.15) is 0 Å². The topological polar surface area (TPSA) is 37.8 Å². The van der Waals surface area contributed by atoms with Gasteiger partial charge in [0.15, 0.2) is 0 Å². The Kier molecular flexibility index (Phi) is 3.31. The second-order valence-electron chi connectivity index (χ2n) is 3.78. The van der Waals surface area contributed by atoms with Gasteiger partial charge in [-0.15, -0.1) is 11.3 Å². The van der Waals surface area contributed by atoms with Crippen molar-refractivity contribution in [1.82, 2.24) is 15.3 Å². The largest absolute Gasteiger partial charge is 0.307 e. The van der Waals surface area contributed by atoms with Gasteiger partial charge in [-0.25, -0.2) is 4.98 Å². The molecule has 0 spiro atoms. The highest BCUT2D eigenvalue weighted by Gasteiger charge is 2.17. The maximum absolute atomic E-state index is 4.53. The third kappa shape index (κ3) is 2.13. The molecular formula is C12H15N3S. The second kappa shape index (κ2) is 4.72. The Morgan fingerprint density at radius 2 is 2.19 bits per heavy atom. The molecule has 2 aromatic rings. The van der Waals surface area contributed by atoms with Crippen LogP contribution in [0.4, 0.5) is 0 Å². The van der Waals surface area contributed by atoms with Crippen molar-refractivity contribution < 1.29 is 0 Å². The number of nitrogens with zero attached hydrogens (tertiary/aromatic N) is 2. The standard InChI is InChI=1S/C12H15N3S/c1-8-4-5-14-6-10(8)11(13-3)12-15-9(2)7-16-12/h4-7,11,13H,1-3H3. The van der Waals surface area contributed by atoms with Crippen molar-refractivity contribution in [3.63, 3.8) is 0 Å². The van der Waals surface area contributed by atoms with Gasteiger partial charge in [0, 0.05) is 23.5 Å². The molecule has 1 atom stereocenters. The van der Waals surface area contributed by atoms with Crippen molar-refractivity contribution in [1.29, 1.82) is 0 Å². The van der Waals surface area contributed by atoms with Crippen molar-refractivity contribution in [2.45, 2.75) is 19.9 Å². The molecule has 0 aliphatic rings. The number of pyridine rings is 1. The molecule has 2 heterocycles. The van der Waals surface area contributed by atoms with E-state index in [9.17, 15) is 0 Å². The van der Waals surface area contributed by atoms with E-state index in [2.05, 4.69) is 27.6 Å². The minimum atomic E-state index is 0.146. The fourth-order valence-corrected chi connectivity index (χ4v) is 2.62. The lowest BCUT2D eigenvalue weighted by molar-refractivity contribution is 0.677. The SMILES string of the molecule is CNC(c1nc(C)cs1)c1cnccc1C. The average molecular weight is 233 g/mol. The number of aryl methyl sites for hydroxylation is 2. The summed E-state index contributed by atoms with van der Waals surface area (Å²) in [6.45, 7) is 4.12. The Morgan fingerprint density at radius 3 is 2.75 bits per heavy atom. The van der Waals surface area contributed by atoms with Crippen LogP contribution >= 0.6 is 11.3 Å². The second-order valence-corrected chi connectivity index (χ2v) is 4.67. The Labute approximate surface area is 99.6 Å². The van der Waals surface area contributed by atoms with Crippen LogP contribution in [0.3, 0.4) is 0 Å². The molecule has 16 heavy (non-hydrogen) atoms. The Hall–Kier alpha value is -1.26. The van der Waals surface area contributed by atoms with E-state index < -0.39 is 0 Å². The minimum Gasteiger partial charge on any atom is -0.307 e. The molecule has 0 radical (unpaired) electrons. The van der Waals surface area contributed by atoms with Crippen LogP contribution in [-0.2, 0) is 0 Å². The zero-order valence-electron chi connectivity index (χ0n) is 9.69. The average Bonchev–Trinajstić information content (AvgIpc) is 2.69. The molecule has 0 aromatic carbocycles. The molecule has 0 amide bonds. The van der Waals surface area contributed by atoms with Crippen LogP contribution in [0.15, 0.2) is 23.8 Å². The van der Waals surface area contributed by atoms with Crippen molar-refractivity contribution in [3.05, 3.63) is 45.7 Å². The first-order valence-corrected chi connectivity index (χ1v) is 6.10. The summed E-state index contributed by atoms with van der Waals surface area (Å²) in [5, 5.41) is 6.47. The highest BCUT2D eigenvalue weighted by molar-refractivity contribution is 7.09. The minimum absolute atomic E-state index is 0.146. The predicted octanol–water partition coefficient (Wildman–Crippen LogP) is 2.46. The van der Waals surface area contributed by atoms with E-state index in [0.29, 0.717) is 0 Å². The van der Waals surface area contributed by atoms with E-state index in [4.69, 9.17) is 0 Å². The third-order valence-electron chi connectivity index (χ3n) is 2.56. The Morgan fingerprint density at radius 1 is 1.38 bits per heavy atom. The van der Waals surface area contributed by atoms with Gasteiger partial charge in [-0.1, -0.05) is 0 Å². The van der Waals surface area contributed by atoms with Crippen molar-refractivity contribution in [2.24, 2.45) is 0 Å². The van der Waals surface area contributed by atoms with E-state index in [1.54, 1.807) is 11.3 Å². The van der Waals surface area contributed by atoms with Crippen LogP contribution in [0.25, 0.3) is 0 Å². The first kappa shape index (κ1) is 11.2. The van der Waals surface area contributed by atoms with Gasteiger partial charge in [0.2, 0.25) is 0 Å². The molecule has 4 heteroatoms. The molecule has 0 bridgehead atoms. The molecule has 0 aliphatic carbocycles. The Balaban J connectivity index is 2.40. The molecule has 0 aliphatic heterocycles. The van der Waals surface area contributed by atoms with Crippen molar-refractivity contribution >= 4 is 11.3 Å². The van der Waals surface area contributed by atoms with E-state index in [1.165, 1.54) is 11.1 Å². The number of aromatic nitrogens is 2. The van der Waals surface area contributed by atoms with Gasteiger partial charge in [0.05, 0.1) is 6.04 Å². The van der Waals surface area contributed by atoms with Crippen LogP contribution in [-0.4, -0.2) is 17.0 Å². The number of nitrogens with one attached hydrogen (secondary N) is 1. The normalized spacial score (nSPS) is 12.7. The molecule has 0 fully saturated rings. The highest BCUT2D eigenvalue weighted by Crippen LogP contribution is 2.26. The van der Waals surface area contributed by atoms with Gasteiger partial charge >= 0.3 is 0 Å². The van der Waals surface area contributed by atoms with Gasteiger partial charge < -0.3 is 5.32 Å². The smallest absolute Gasteiger partial charge is 0.114 e. The summed E-state index contributed by atoms with van der Waals surface area (Å²) < 4.78 is 0. The zero-order chi connectivity index (χ0) is 11.5. The highest BCUT2D eigenvalue weighted by atomic mass is 32.1. The van der Waals surface area contributed by atoms with Crippen LogP contribution in [0.2, 0.25) is 0 Å². The molecule has 0 saturated heterocycles. The molecule has 3 nitrogen and oxygen atoms in total.